The summed E-state index contributed by atoms with van der Waals surface area (Å²) in [6, 6.07) is 16.3. The molecule has 3 N–H and O–H groups in total. The van der Waals surface area contributed by atoms with Crippen molar-refractivity contribution in [2.75, 3.05) is 7.05 Å². The first kappa shape index (κ1) is 26.1. The minimum absolute atomic E-state index is 0.134. The molecule has 0 heterocycles. The molecule has 0 amide bonds. The van der Waals surface area contributed by atoms with Crippen molar-refractivity contribution in [1.29, 1.82) is 0 Å². The van der Waals surface area contributed by atoms with Crippen LogP contribution in [0.1, 0.15) is 90.7 Å². The topological polar surface area (TPSA) is 94.0 Å². The Kier molecular flexibility index (Phi) is 9.85. The number of carbonyl (C=O) groups excluding carboxylic acids is 2. The number of nitrogens with two attached hydrogens (primary N) is 1. The number of hydrogen-bond donors (Lipinski definition) is 2. The van der Waals surface area contributed by atoms with E-state index >= 15 is 0 Å². The molecule has 34 heavy (non-hydrogen) atoms. The Labute approximate surface area is 203 Å². The summed E-state index contributed by atoms with van der Waals surface area (Å²) in [4.78, 5) is 23.9. The van der Waals surface area contributed by atoms with Gasteiger partial charge < -0.3 is 20.3 Å². The lowest BCUT2D eigenvalue weighted by atomic mass is 9.75. The molecule has 2 aromatic carbocycles. The minimum Gasteiger partial charge on any atom is -0.545 e. The van der Waals surface area contributed by atoms with E-state index in [4.69, 9.17) is 0 Å². The standard InChI is InChI=1S/C19H24O3.C10H15NO/c20-18(15-9-11-16(12-10-15)19(21)22)17-13-5-1-2-6-14(17)8-4-3-7-13;1-8(11-2)10(12)9-6-4-3-5-7-9/h9-14,17H,1-8H2,(H,21,22);3-8,10-12H,1-2H3. The SMILES string of the molecule is C[NH2+]C(C)C(O)c1ccccc1.O=C([O-])c1ccc(C(=O)C2C3CCCCC2CCCC3)cc1. The number of aromatic carboxylic acids is 1. The summed E-state index contributed by atoms with van der Waals surface area (Å²) in [6.45, 7) is 2.01. The number of carboxylic acid groups (broad SMARTS) is 1. The zero-order valence-electron chi connectivity index (χ0n) is 20.5. The highest BCUT2D eigenvalue weighted by molar-refractivity contribution is 5.99. The Hall–Kier alpha value is -2.50. The number of aliphatic hydroxyl groups excluding tert-OH is 1. The van der Waals surface area contributed by atoms with Crippen LogP contribution in [0.5, 0.6) is 0 Å². The van der Waals surface area contributed by atoms with Gasteiger partial charge in [-0.25, -0.2) is 0 Å². The summed E-state index contributed by atoms with van der Waals surface area (Å²) in [5, 5.41) is 22.6. The predicted molar refractivity (Wildman–Crippen MR) is 131 cm³/mol. The second kappa shape index (κ2) is 12.8. The molecule has 0 saturated heterocycles. The van der Waals surface area contributed by atoms with Crippen molar-refractivity contribution in [3.05, 3.63) is 71.3 Å². The van der Waals surface area contributed by atoms with Gasteiger partial charge in [0, 0.05) is 11.5 Å². The van der Waals surface area contributed by atoms with Crippen LogP contribution in [0.15, 0.2) is 54.6 Å². The number of ketones is 1. The average Bonchev–Trinajstić information content (AvgIpc) is 3.21. The lowest BCUT2D eigenvalue weighted by Crippen LogP contribution is -2.86. The summed E-state index contributed by atoms with van der Waals surface area (Å²) >= 11 is 0. The zero-order valence-corrected chi connectivity index (χ0v) is 20.5. The van der Waals surface area contributed by atoms with E-state index < -0.39 is 5.97 Å². The fraction of sp³-hybridized carbons (Fsp3) is 0.517. The molecule has 5 nitrogen and oxygen atoms in total. The van der Waals surface area contributed by atoms with Gasteiger partial charge in [-0.2, -0.15) is 0 Å². The molecule has 184 valence electrons. The highest BCUT2D eigenvalue weighted by Gasteiger charge is 2.38. The maximum atomic E-state index is 13.0. The molecule has 2 aliphatic rings. The summed E-state index contributed by atoms with van der Waals surface area (Å²) < 4.78 is 0. The third kappa shape index (κ3) is 6.77. The van der Waals surface area contributed by atoms with Crippen molar-refractivity contribution in [1.82, 2.24) is 0 Å². The number of fused-ring (bicyclic) bond motifs is 2. The predicted octanol–water partition coefficient (Wildman–Crippen LogP) is 3.53. The second-order valence-electron chi connectivity index (χ2n) is 9.89. The van der Waals surface area contributed by atoms with Gasteiger partial charge >= 0.3 is 0 Å². The molecule has 0 spiro atoms. The molecule has 0 aliphatic heterocycles. The van der Waals surface area contributed by atoms with Gasteiger partial charge in [-0.1, -0.05) is 80.3 Å². The molecular weight excluding hydrogens is 426 g/mol. The second-order valence-corrected chi connectivity index (χ2v) is 9.89. The van der Waals surface area contributed by atoms with E-state index in [0.717, 1.165) is 5.56 Å². The van der Waals surface area contributed by atoms with Crippen LogP contribution in [0, 0.1) is 17.8 Å². The van der Waals surface area contributed by atoms with Crippen LogP contribution in [-0.4, -0.2) is 29.9 Å². The lowest BCUT2D eigenvalue weighted by molar-refractivity contribution is -0.669. The van der Waals surface area contributed by atoms with Crippen molar-refractivity contribution >= 4 is 11.8 Å². The first-order valence-electron chi connectivity index (χ1n) is 12.8. The van der Waals surface area contributed by atoms with Crippen LogP contribution in [0.25, 0.3) is 0 Å². The van der Waals surface area contributed by atoms with E-state index in [1.165, 1.54) is 63.5 Å². The van der Waals surface area contributed by atoms with Crippen molar-refractivity contribution in [2.24, 2.45) is 17.8 Å². The zero-order chi connectivity index (χ0) is 24.5. The monoisotopic (exact) mass is 465 g/mol. The van der Waals surface area contributed by atoms with Gasteiger partial charge in [-0.15, -0.1) is 0 Å². The molecule has 4 rings (SSSR count). The summed E-state index contributed by atoms with van der Waals surface area (Å²) in [7, 11) is 1.97. The van der Waals surface area contributed by atoms with Crippen molar-refractivity contribution in [2.45, 2.75) is 70.4 Å². The number of likely N-dealkylation sites (N-methyl/N-ethyl adjacent to an activating group) is 1. The van der Waals surface area contributed by atoms with Crippen molar-refractivity contribution in [3.63, 3.8) is 0 Å². The van der Waals surface area contributed by atoms with Gasteiger partial charge in [-0.05, 0) is 55.6 Å². The number of hydrogen-bond acceptors (Lipinski definition) is 4. The molecule has 2 atom stereocenters. The van der Waals surface area contributed by atoms with Gasteiger partial charge in [0.25, 0.3) is 0 Å². The van der Waals surface area contributed by atoms with E-state index in [0.29, 0.717) is 17.4 Å². The van der Waals surface area contributed by atoms with E-state index in [1.807, 2.05) is 49.6 Å². The minimum atomic E-state index is -1.19. The third-order valence-electron chi connectivity index (χ3n) is 7.69. The molecule has 5 heteroatoms. The number of quaternary nitrogens is 1. The third-order valence-corrected chi connectivity index (χ3v) is 7.69. The normalized spacial score (nSPS) is 23.9. The molecule has 2 aliphatic carbocycles. The first-order chi connectivity index (χ1) is 16.4. The van der Waals surface area contributed by atoms with Gasteiger partial charge in [0.1, 0.15) is 12.1 Å². The Balaban J connectivity index is 0.000000229. The van der Waals surface area contributed by atoms with E-state index in [-0.39, 0.29) is 29.4 Å². The highest BCUT2D eigenvalue weighted by atomic mass is 16.4. The first-order valence-corrected chi connectivity index (χ1v) is 12.8. The van der Waals surface area contributed by atoms with E-state index in [9.17, 15) is 19.8 Å². The lowest BCUT2D eigenvalue weighted by Gasteiger charge is -2.28. The molecule has 2 aromatic rings. The largest absolute Gasteiger partial charge is 0.545 e. The Morgan fingerprint density at radius 2 is 1.32 bits per heavy atom. The van der Waals surface area contributed by atoms with Crippen LogP contribution in [0.2, 0.25) is 0 Å². The molecular formula is C29H39NO4. The molecule has 0 radical (unpaired) electrons. The number of benzene rings is 2. The van der Waals surface area contributed by atoms with Crippen LogP contribution >= 0.6 is 0 Å². The number of carbonyl (C=O) groups is 2. The number of aliphatic hydroxyl groups is 1. The van der Waals surface area contributed by atoms with Crippen molar-refractivity contribution in [3.8, 4) is 0 Å². The van der Waals surface area contributed by atoms with Crippen LogP contribution < -0.4 is 10.4 Å². The van der Waals surface area contributed by atoms with Gasteiger partial charge in [-0.3, -0.25) is 4.79 Å². The van der Waals surface area contributed by atoms with Crippen molar-refractivity contribution < 1.29 is 25.1 Å². The number of rotatable bonds is 6. The molecule has 2 saturated carbocycles. The average molecular weight is 466 g/mol. The van der Waals surface area contributed by atoms with Crippen LogP contribution in [-0.2, 0) is 0 Å². The van der Waals surface area contributed by atoms with Gasteiger partial charge in [0.2, 0.25) is 0 Å². The summed E-state index contributed by atoms with van der Waals surface area (Å²) in [5.41, 5.74) is 1.78. The highest BCUT2D eigenvalue weighted by Crippen LogP contribution is 2.43. The Bertz CT molecular complexity index is 883. The van der Waals surface area contributed by atoms with E-state index in [1.54, 1.807) is 12.1 Å². The summed E-state index contributed by atoms with van der Waals surface area (Å²) in [5.74, 6) is 0.205. The molecule has 2 fully saturated rings. The molecule has 2 unspecified atom stereocenters. The Morgan fingerprint density at radius 1 is 0.853 bits per heavy atom. The maximum Gasteiger partial charge on any atom is 0.166 e. The fourth-order valence-electron chi connectivity index (χ4n) is 5.55. The smallest absolute Gasteiger partial charge is 0.166 e. The number of carboxylic acids is 1. The van der Waals surface area contributed by atoms with Crippen LogP contribution in [0.3, 0.4) is 0 Å². The van der Waals surface area contributed by atoms with Gasteiger partial charge in [0.15, 0.2) is 5.78 Å². The fourth-order valence-corrected chi connectivity index (χ4v) is 5.55. The summed E-state index contributed by atoms with van der Waals surface area (Å²) in [6.07, 6.45) is 9.30. The Morgan fingerprint density at radius 3 is 1.76 bits per heavy atom. The molecule has 2 bridgehead atoms. The quantitative estimate of drug-likeness (QED) is 0.638. The molecule has 0 aromatic heterocycles. The number of Topliss-reactive ketones (excluding diaryl/α,β-unsaturated/α-hetero) is 1. The van der Waals surface area contributed by atoms with Gasteiger partial charge in [0.05, 0.1) is 13.0 Å². The van der Waals surface area contributed by atoms with E-state index in [2.05, 4.69) is 0 Å². The van der Waals surface area contributed by atoms with Crippen LogP contribution in [0.4, 0.5) is 0 Å². The maximum absolute atomic E-state index is 13.0.